The summed E-state index contributed by atoms with van der Waals surface area (Å²) < 4.78 is 6.28. The molecule has 6 nitrogen and oxygen atoms in total. The number of nitrogens with one attached hydrogen (secondary N) is 1. The number of carbonyl (C=O) groups is 2. The van der Waals surface area contributed by atoms with Gasteiger partial charge in [0, 0.05) is 10.7 Å². The lowest BCUT2D eigenvalue weighted by Crippen LogP contribution is -2.44. The summed E-state index contributed by atoms with van der Waals surface area (Å²) in [6, 6.07) is 1.75. The third-order valence-electron chi connectivity index (χ3n) is 3.72. The molecule has 0 atom stereocenters. The number of rotatable bonds is 1. The van der Waals surface area contributed by atoms with E-state index in [2.05, 4.69) is 26.2 Å². The van der Waals surface area contributed by atoms with Gasteiger partial charge in [-0.05, 0) is 47.7 Å². The molecule has 0 saturated heterocycles. The van der Waals surface area contributed by atoms with E-state index in [1.807, 2.05) is 0 Å². The van der Waals surface area contributed by atoms with Gasteiger partial charge in [-0.15, -0.1) is 0 Å². The van der Waals surface area contributed by atoms with E-state index in [1.165, 1.54) is 11.3 Å². The molecule has 0 spiro atoms. The molecule has 2 amide bonds. The molecule has 3 rings (SSSR count). The Morgan fingerprint density at radius 3 is 2.90 bits per heavy atom. The van der Waals surface area contributed by atoms with Crippen LogP contribution in [0.15, 0.2) is 16.7 Å². The summed E-state index contributed by atoms with van der Waals surface area (Å²) in [5.74, 6) is 0.118. The second kappa shape index (κ2) is 6.01. The number of aromatic nitrogens is 1. The van der Waals surface area contributed by atoms with Gasteiger partial charge in [-0.1, -0.05) is 6.42 Å². The van der Waals surface area contributed by atoms with E-state index in [0.29, 0.717) is 11.5 Å². The lowest BCUT2D eigenvalue weighted by molar-refractivity contribution is -0.115. The van der Waals surface area contributed by atoms with Crippen LogP contribution in [-0.4, -0.2) is 29.6 Å². The Hall–Kier alpha value is -1.63. The third kappa shape index (κ3) is 3.18. The Balaban J connectivity index is 1.79. The fourth-order valence-electron chi connectivity index (χ4n) is 2.68. The predicted molar refractivity (Wildman–Crippen MR) is 81.3 cm³/mol. The highest BCUT2D eigenvalue weighted by molar-refractivity contribution is 9.10. The average molecular weight is 354 g/mol. The Morgan fingerprint density at radius 2 is 2.14 bits per heavy atom. The molecule has 0 unspecified atom stereocenters. The fourth-order valence-corrected chi connectivity index (χ4v) is 3.00. The Labute approximate surface area is 131 Å². The summed E-state index contributed by atoms with van der Waals surface area (Å²) in [5, 5.41) is 2.66. The maximum absolute atomic E-state index is 12.4. The van der Waals surface area contributed by atoms with Crippen LogP contribution < -0.4 is 10.2 Å². The zero-order chi connectivity index (χ0) is 14.8. The third-order valence-corrected chi connectivity index (χ3v) is 4.16. The maximum Gasteiger partial charge on any atom is 0.415 e. The van der Waals surface area contributed by atoms with Crippen molar-refractivity contribution in [3.05, 3.63) is 16.7 Å². The molecule has 21 heavy (non-hydrogen) atoms. The lowest BCUT2D eigenvalue weighted by atomic mass is 9.98. The Morgan fingerprint density at radius 1 is 1.38 bits per heavy atom. The minimum absolute atomic E-state index is 0.0419. The van der Waals surface area contributed by atoms with Gasteiger partial charge in [0.25, 0.3) is 0 Å². The van der Waals surface area contributed by atoms with Crippen molar-refractivity contribution >= 4 is 39.4 Å². The summed E-state index contributed by atoms with van der Waals surface area (Å²) in [7, 11) is 0. The van der Waals surface area contributed by atoms with Crippen molar-refractivity contribution in [1.82, 2.24) is 4.98 Å². The second-order valence-electron chi connectivity index (χ2n) is 5.30. The van der Waals surface area contributed by atoms with Crippen molar-refractivity contribution in [2.45, 2.75) is 38.2 Å². The minimum Gasteiger partial charge on any atom is -0.446 e. The molecule has 0 aromatic carbocycles. The molecule has 1 aromatic heterocycles. The van der Waals surface area contributed by atoms with Crippen LogP contribution in [0.25, 0.3) is 0 Å². The molecule has 1 aliphatic carbocycles. The van der Waals surface area contributed by atoms with Crippen LogP contribution in [0.3, 0.4) is 0 Å². The quantitative estimate of drug-likeness (QED) is 0.841. The van der Waals surface area contributed by atoms with E-state index in [1.54, 1.807) is 12.3 Å². The number of halogens is 1. The van der Waals surface area contributed by atoms with Crippen LogP contribution in [0.4, 0.5) is 16.3 Å². The Bertz CT molecular complexity index is 573. The van der Waals surface area contributed by atoms with Crippen molar-refractivity contribution < 1.29 is 14.3 Å². The van der Waals surface area contributed by atoms with E-state index >= 15 is 0 Å². The standard InChI is InChI=1S/C14H16BrN3O3/c15-9-6-11-13(16-7-9)17-12(19)8-18(11)14(20)21-10-4-2-1-3-5-10/h6-7,10H,1-5,8H2,(H,16,17,19). The van der Waals surface area contributed by atoms with Crippen LogP contribution >= 0.6 is 15.9 Å². The molecular formula is C14H16BrN3O3. The molecule has 7 heteroatoms. The summed E-state index contributed by atoms with van der Waals surface area (Å²) in [4.78, 5) is 29.5. The molecule has 1 N–H and O–H groups in total. The van der Waals surface area contributed by atoms with Crippen LogP contribution in [0, 0.1) is 0 Å². The largest absolute Gasteiger partial charge is 0.446 e. The first-order chi connectivity index (χ1) is 10.1. The van der Waals surface area contributed by atoms with E-state index < -0.39 is 6.09 Å². The highest BCUT2D eigenvalue weighted by Crippen LogP contribution is 2.31. The van der Waals surface area contributed by atoms with Gasteiger partial charge in [0.15, 0.2) is 5.82 Å². The van der Waals surface area contributed by atoms with Gasteiger partial charge in [0.05, 0.1) is 5.69 Å². The first kappa shape index (κ1) is 14.3. The summed E-state index contributed by atoms with van der Waals surface area (Å²) in [6.07, 6.45) is 6.22. The zero-order valence-electron chi connectivity index (χ0n) is 11.5. The van der Waals surface area contributed by atoms with Crippen LogP contribution in [0.1, 0.15) is 32.1 Å². The number of fused-ring (bicyclic) bond motifs is 1. The van der Waals surface area contributed by atoms with Crippen molar-refractivity contribution in [2.24, 2.45) is 0 Å². The molecule has 1 saturated carbocycles. The van der Waals surface area contributed by atoms with Gasteiger partial charge in [0.2, 0.25) is 5.91 Å². The predicted octanol–water partition coefficient (Wildman–Crippen LogP) is 3.07. The van der Waals surface area contributed by atoms with Crippen LogP contribution in [0.2, 0.25) is 0 Å². The van der Waals surface area contributed by atoms with Crippen molar-refractivity contribution in [3.63, 3.8) is 0 Å². The van der Waals surface area contributed by atoms with Gasteiger partial charge in [-0.3, -0.25) is 9.69 Å². The first-order valence-corrected chi connectivity index (χ1v) is 7.86. The van der Waals surface area contributed by atoms with Gasteiger partial charge < -0.3 is 10.1 Å². The molecule has 1 fully saturated rings. The molecule has 2 heterocycles. The first-order valence-electron chi connectivity index (χ1n) is 7.07. The van der Waals surface area contributed by atoms with E-state index in [-0.39, 0.29) is 18.6 Å². The number of nitrogens with zero attached hydrogens (tertiary/aromatic N) is 2. The lowest BCUT2D eigenvalue weighted by Gasteiger charge is -2.30. The van der Waals surface area contributed by atoms with E-state index in [9.17, 15) is 9.59 Å². The highest BCUT2D eigenvalue weighted by atomic mass is 79.9. The highest BCUT2D eigenvalue weighted by Gasteiger charge is 2.31. The van der Waals surface area contributed by atoms with E-state index in [0.717, 1.165) is 30.2 Å². The van der Waals surface area contributed by atoms with Gasteiger partial charge in [-0.25, -0.2) is 9.78 Å². The fraction of sp³-hybridized carbons (Fsp3) is 0.500. The summed E-state index contributed by atoms with van der Waals surface area (Å²) in [6.45, 7) is -0.0450. The number of amides is 2. The number of carbonyl (C=O) groups excluding carboxylic acids is 2. The molecular weight excluding hydrogens is 338 g/mol. The second-order valence-corrected chi connectivity index (χ2v) is 6.22. The molecule has 0 radical (unpaired) electrons. The summed E-state index contributed by atoms with van der Waals surface area (Å²) >= 11 is 3.33. The Kier molecular flexibility index (Phi) is 4.10. The molecule has 2 aliphatic rings. The van der Waals surface area contributed by atoms with Crippen LogP contribution in [0.5, 0.6) is 0 Å². The van der Waals surface area contributed by atoms with Crippen molar-refractivity contribution in [3.8, 4) is 0 Å². The molecule has 0 bridgehead atoms. The number of pyridine rings is 1. The minimum atomic E-state index is -0.474. The van der Waals surface area contributed by atoms with Crippen molar-refractivity contribution in [1.29, 1.82) is 0 Å². The smallest absolute Gasteiger partial charge is 0.415 e. The average Bonchev–Trinajstić information content (AvgIpc) is 2.48. The van der Waals surface area contributed by atoms with E-state index in [4.69, 9.17) is 4.74 Å². The summed E-state index contributed by atoms with van der Waals surface area (Å²) in [5.41, 5.74) is 0.560. The SMILES string of the molecule is O=C1CN(C(=O)OC2CCCCC2)c2cc(Br)cnc2N1. The van der Waals surface area contributed by atoms with Gasteiger partial charge in [-0.2, -0.15) is 0 Å². The molecule has 112 valence electrons. The number of anilines is 2. The number of ether oxygens (including phenoxy) is 1. The zero-order valence-corrected chi connectivity index (χ0v) is 13.1. The monoisotopic (exact) mass is 353 g/mol. The molecule has 1 aromatic rings. The van der Waals surface area contributed by atoms with Crippen LogP contribution in [-0.2, 0) is 9.53 Å². The van der Waals surface area contributed by atoms with Gasteiger partial charge in [0.1, 0.15) is 12.6 Å². The normalized spacial score (nSPS) is 18.9. The number of hydrogen-bond acceptors (Lipinski definition) is 4. The number of hydrogen-bond donors (Lipinski definition) is 1. The molecule has 1 aliphatic heterocycles. The topological polar surface area (TPSA) is 71.5 Å². The maximum atomic E-state index is 12.4. The van der Waals surface area contributed by atoms with Gasteiger partial charge >= 0.3 is 6.09 Å². The van der Waals surface area contributed by atoms with Crippen molar-refractivity contribution in [2.75, 3.05) is 16.8 Å².